The van der Waals surface area contributed by atoms with Crippen molar-refractivity contribution in [1.82, 2.24) is 30.1 Å². The molecule has 4 amide bonds. The monoisotopic (exact) mass is 982 g/mol. The van der Waals surface area contributed by atoms with E-state index >= 15 is 0 Å². The van der Waals surface area contributed by atoms with Gasteiger partial charge in [-0.2, -0.15) is 0 Å². The van der Waals surface area contributed by atoms with Crippen LogP contribution in [0.4, 0.5) is 5.69 Å². The third-order valence-electron chi connectivity index (χ3n) is 13.5. The summed E-state index contributed by atoms with van der Waals surface area (Å²) in [5.41, 5.74) is 11.1. The lowest BCUT2D eigenvalue weighted by Gasteiger charge is -2.36. The molecule has 0 unspecified atom stereocenters. The molecule has 4 N–H and O–H groups in total. The van der Waals surface area contributed by atoms with Gasteiger partial charge in [-0.3, -0.25) is 29.0 Å². The number of anilines is 1. The lowest BCUT2D eigenvalue weighted by Crippen LogP contribution is -2.62. The van der Waals surface area contributed by atoms with Crippen LogP contribution in [-0.4, -0.2) is 127 Å². The highest BCUT2D eigenvalue weighted by Crippen LogP contribution is 2.41. The molecule has 382 valence electrons. The number of aromatic nitrogens is 1. The Morgan fingerprint density at radius 2 is 1.74 bits per heavy atom. The molecular formula is C57H71N7O8. The Morgan fingerprint density at radius 1 is 0.986 bits per heavy atom. The van der Waals surface area contributed by atoms with Crippen molar-refractivity contribution in [1.29, 1.82) is 0 Å². The van der Waals surface area contributed by atoms with Crippen molar-refractivity contribution in [2.24, 2.45) is 11.3 Å². The molecule has 2 aliphatic rings. The molecule has 1 aromatic heterocycles. The Kier molecular flexibility index (Phi) is 17.1. The third kappa shape index (κ3) is 12.4. The predicted octanol–water partition coefficient (Wildman–Crippen LogP) is 7.39. The maximum Gasteiger partial charge on any atom is 0.324 e. The third-order valence-corrected chi connectivity index (χ3v) is 13.5. The van der Waals surface area contributed by atoms with Crippen LogP contribution in [0.5, 0.6) is 5.75 Å². The van der Waals surface area contributed by atoms with Crippen LogP contribution in [0.25, 0.3) is 33.3 Å². The molecule has 3 atom stereocenters. The van der Waals surface area contributed by atoms with Crippen molar-refractivity contribution in [2.75, 3.05) is 59.9 Å². The number of benzene rings is 4. The second-order valence-corrected chi connectivity index (χ2v) is 20.5. The van der Waals surface area contributed by atoms with E-state index in [0.717, 1.165) is 50.8 Å². The summed E-state index contributed by atoms with van der Waals surface area (Å²) in [5, 5.41) is 19.6. The lowest BCUT2D eigenvalue weighted by molar-refractivity contribution is -0.155. The number of fused-ring (bicyclic) bond motifs is 6. The number of nitrogens with zero attached hydrogens (tertiary/aromatic N) is 4. The topological polar surface area (TPSA) is 175 Å². The zero-order valence-corrected chi connectivity index (χ0v) is 43.2. The van der Waals surface area contributed by atoms with Crippen LogP contribution in [0.15, 0.2) is 97.1 Å². The molecule has 72 heavy (non-hydrogen) atoms. The minimum atomic E-state index is -1.18. The van der Waals surface area contributed by atoms with Gasteiger partial charge in [0.2, 0.25) is 11.8 Å². The molecule has 4 aromatic carbocycles. The quantitative estimate of drug-likeness (QED) is 0.0649. The summed E-state index contributed by atoms with van der Waals surface area (Å²) in [4.78, 5) is 73.2. The Balaban J connectivity index is 1.25. The van der Waals surface area contributed by atoms with E-state index in [9.17, 15) is 29.1 Å². The number of aromatic hydroxyl groups is 1. The molecule has 0 spiro atoms. The van der Waals surface area contributed by atoms with Gasteiger partial charge in [0.1, 0.15) is 23.9 Å². The number of carbonyl (C=O) groups is 5. The fourth-order valence-electron chi connectivity index (χ4n) is 9.96. The molecule has 0 radical (unpaired) electrons. The molecule has 0 saturated carbocycles. The van der Waals surface area contributed by atoms with Crippen molar-refractivity contribution < 1.29 is 38.6 Å². The number of phenols is 1. The first-order chi connectivity index (χ1) is 34.4. The van der Waals surface area contributed by atoms with Gasteiger partial charge < -0.3 is 39.6 Å². The van der Waals surface area contributed by atoms with Crippen LogP contribution in [0.2, 0.25) is 0 Å². The van der Waals surface area contributed by atoms with Crippen LogP contribution in [0.1, 0.15) is 74.5 Å². The van der Waals surface area contributed by atoms with Crippen LogP contribution in [0.3, 0.4) is 0 Å². The minimum Gasteiger partial charge on any atom is -0.508 e. The van der Waals surface area contributed by atoms with Crippen LogP contribution in [0, 0.1) is 11.3 Å². The van der Waals surface area contributed by atoms with Gasteiger partial charge in [-0.15, -0.1) is 0 Å². The Hall–Kier alpha value is -6.81. The van der Waals surface area contributed by atoms with Gasteiger partial charge in [-0.25, -0.2) is 5.43 Å². The number of cyclic esters (lactones) is 1. The zero-order valence-electron chi connectivity index (χ0n) is 43.2. The number of aryl methyl sites for hydroxylation is 1. The van der Waals surface area contributed by atoms with E-state index in [4.69, 9.17) is 9.47 Å². The zero-order chi connectivity index (χ0) is 51.9. The molecular weight excluding hydrogens is 911 g/mol. The fourth-order valence-corrected chi connectivity index (χ4v) is 9.96. The first-order valence-electron chi connectivity index (χ1n) is 25.0. The van der Waals surface area contributed by atoms with E-state index < -0.39 is 47.2 Å². The normalized spacial score (nSPS) is 17.7. The van der Waals surface area contributed by atoms with Crippen LogP contribution < -0.4 is 16.1 Å². The van der Waals surface area contributed by atoms with Crippen molar-refractivity contribution in [3.05, 3.63) is 119 Å². The largest absolute Gasteiger partial charge is 0.508 e. The molecule has 6 bridgehead atoms. The number of carbonyl (C=O) groups excluding carboxylic acids is 5. The number of hydrogen-bond donors (Lipinski definition) is 4. The molecule has 3 heterocycles. The van der Waals surface area contributed by atoms with Crippen molar-refractivity contribution >= 4 is 46.2 Å². The van der Waals surface area contributed by atoms with Gasteiger partial charge in [0.05, 0.1) is 18.9 Å². The summed E-state index contributed by atoms with van der Waals surface area (Å²) in [5.74, 6) is -2.64. The second-order valence-electron chi connectivity index (χ2n) is 20.5. The summed E-state index contributed by atoms with van der Waals surface area (Å²) >= 11 is 0. The Bertz CT molecular complexity index is 2810. The molecule has 5 aromatic rings. The smallest absolute Gasteiger partial charge is 0.324 e. The van der Waals surface area contributed by atoms with Gasteiger partial charge >= 0.3 is 5.97 Å². The van der Waals surface area contributed by atoms with Crippen molar-refractivity contribution in [2.45, 2.75) is 91.4 Å². The number of amides is 4. The SMILES string of the molecule is CCn1c(-c2ccccc2CCOC)c2c3cc(ccc31)-c1cc(O)cc(c1)C[C@H](NC(=O)[C@H](C(C)C)N(C)C(=O)c1ccc(NC(=O)/C=C/CN(C)C)cc1)C(=O)N1CCC[C@H](N1)C(=O)OCC(C)(C)C2. The maximum absolute atomic E-state index is 14.8. The number of ether oxygens (including phenoxy) is 2. The molecule has 15 heteroatoms. The summed E-state index contributed by atoms with van der Waals surface area (Å²) < 4.78 is 14.0. The lowest BCUT2D eigenvalue weighted by atomic mass is 9.83. The number of methoxy groups -OCH3 is 1. The van der Waals surface area contributed by atoms with E-state index in [1.807, 2.05) is 45.0 Å². The first kappa shape index (κ1) is 53.0. The molecule has 1 fully saturated rings. The van der Waals surface area contributed by atoms with Gasteiger partial charge in [-0.05, 0) is 129 Å². The van der Waals surface area contributed by atoms with Gasteiger partial charge in [0.25, 0.3) is 11.8 Å². The standard InChI is InChI=1S/C57H71N7O8/c1-10-63-49-24-21-40-33-45(49)46(52(63)44-16-12-11-15-38(44)25-28-71-9)34-57(4,5)35-72-56(70)47-17-13-27-64(60-47)55(69)48(31-37-29-41(40)32-43(65)30-37)59-53(67)51(36(2)3)62(8)54(68)39-19-22-42(23-20-39)58-50(66)18-14-26-61(6)7/h11-12,14-16,18-24,29-30,32-33,36,47-48,51,60,65H,10,13,17,25-28,31,34-35H2,1-9H3,(H,58,66)(H,59,67)/b18-14+/t47-,48-,51-/m0/s1. The van der Waals surface area contributed by atoms with Crippen molar-refractivity contribution in [3.8, 4) is 28.1 Å². The van der Waals surface area contributed by atoms with Crippen LogP contribution >= 0.6 is 0 Å². The first-order valence-corrected chi connectivity index (χ1v) is 25.0. The molecule has 1 saturated heterocycles. The van der Waals surface area contributed by atoms with Crippen LogP contribution in [-0.2, 0) is 54.5 Å². The highest BCUT2D eigenvalue weighted by atomic mass is 16.5. The van der Waals surface area contributed by atoms with E-state index in [0.29, 0.717) is 55.8 Å². The highest BCUT2D eigenvalue weighted by Gasteiger charge is 2.38. The fraction of sp³-hybridized carbons (Fsp3) is 0.421. The highest BCUT2D eigenvalue weighted by molar-refractivity contribution is 6.01. The van der Waals surface area contributed by atoms with Gasteiger partial charge in [0, 0.05) is 79.4 Å². The number of phenolic OH excluding ortho intramolecular Hbond substituents is 1. The van der Waals surface area contributed by atoms with Crippen molar-refractivity contribution in [3.63, 3.8) is 0 Å². The summed E-state index contributed by atoms with van der Waals surface area (Å²) in [6, 6.07) is 23.4. The average Bonchev–Trinajstić information content (AvgIpc) is 3.65. The van der Waals surface area contributed by atoms with Gasteiger partial charge in [0.15, 0.2) is 0 Å². The van der Waals surface area contributed by atoms with E-state index in [1.54, 1.807) is 56.6 Å². The summed E-state index contributed by atoms with van der Waals surface area (Å²) in [6.07, 6.45) is 5.43. The molecule has 15 nitrogen and oxygen atoms in total. The maximum atomic E-state index is 14.8. The summed E-state index contributed by atoms with van der Waals surface area (Å²) in [6.45, 7) is 12.2. The molecule has 0 aliphatic carbocycles. The van der Waals surface area contributed by atoms with Gasteiger partial charge in [-0.1, -0.05) is 70.2 Å². The Morgan fingerprint density at radius 3 is 2.44 bits per heavy atom. The predicted molar refractivity (Wildman–Crippen MR) is 281 cm³/mol. The molecule has 7 rings (SSSR count). The number of hydrogen-bond acceptors (Lipinski definition) is 10. The number of rotatable bonds is 14. The van der Waals surface area contributed by atoms with E-state index in [1.165, 1.54) is 16.0 Å². The second kappa shape index (κ2) is 23.2. The van der Waals surface area contributed by atoms with E-state index in [-0.39, 0.29) is 37.1 Å². The number of likely N-dealkylation sites (N-methyl/N-ethyl adjacent to an activating group) is 2. The minimum absolute atomic E-state index is 0.00885. The Labute approximate surface area is 423 Å². The number of hydrazine groups is 1. The number of nitrogens with one attached hydrogen (secondary N) is 3. The summed E-state index contributed by atoms with van der Waals surface area (Å²) in [7, 11) is 7.07. The average molecular weight is 982 g/mol. The number of esters is 1. The molecule has 2 aliphatic heterocycles. The van der Waals surface area contributed by atoms with E-state index in [2.05, 4.69) is 77.8 Å².